The standard InChI is InChI=1S/C20H26N2O4S.C20H26N2O.C19H24N2O4S.C19H24N2O.C2H6.CH3Cl.H3NO3S/c1-3-13-8-12-9-17-19(13)21(11-12)7-6-15-16-10-14(26-2)4-5-18(16)22(20(15)17)27(23,24)25;1-3-13-8-12-9-17-19-15(6-7-22(11-12)20(13)17)16-10-14(23-2)4-5-18(16)21-19;1-2-12-7-11-8-16-18(12)20(10-11)6-5-14-15-9-13(22)3-4-17(15)21(19(14)16)26(23,24)25;1-2-12-7-11-8-16-18-14(5-6-21(10-11)19(12)16)15-9-13(22)3-4-17(15)20-18;2*1-2;1-5(2,3)4/h4-5,10,12-13,17,19H,3,6-9,11H2,1-2H3,(H,23,24,25);4-5,10,12-13,17,20-21H,3,6-9,11H2,1-2H3;3-4,9,11-12,16,18,22H,2,5-8,10H2,1H3,(H,23,24,25);3-4,9,11-12,16,19-20,22H,2,5-8,10H2,1H3;1-2H3;1H3;(H3,1,2,3,4)/t12-,13-,17+,19?;12-,13-,17-,20?;11-,12-,16+,18?;11-,12-,16-,19?;;;/m0000.../s1. The number of fused-ring (bicyclic) bond motifs is 16. The van der Waals surface area contributed by atoms with Gasteiger partial charge < -0.3 is 29.7 Å². The molecule has 0 radical (unpaired) electrons. The number of aromatic hydroxyl groups is 2. The van der Waals surface area contributed by atoms with Crippen LogP contribution in [0.1, 0.15) is 187 Å². The average Bonchev–Trinajstić information content (AvgIpc) is 1.57. The lowest BCUT2D eigenvalue weighted by Gasteiger charge is -2.53. The Morgan fingerprint density at radius 3 is 1.11 bits per heavy atom. The largest absolute Gasteiger partial charge is 0.508 e. The van der Waals surface area contributed by atoms with E-state index in [0.29, 0.717) is 70.1 Å². The van der Waals surface area contributed by atoms with E-state index in [1.807, 2.05) is 32.0 Å². The summed E-state index contributed by atoms with van der Waals surface area (Å²) in [5, 5.41) is 28.0. The van der Waals surface area contributed by atoms with Gasteiger partial charge in [0.1, 0.15) is 23.0 Å². The van der Waals surface area contributed by atoms with Crippen molar-refractivity contribution in [1.29, 1.82) is 0 Å². The highest BCUT2D eigenvalue weighted by atomic mass is 35.5. The number of piperidine rings is 8. The van der Waals surface area contributed by atoms with Gasteiger partial charge in [-0.25, -0.2) is 13.1 Å². The third-order valence-electron chi connectivity index (χ3n) is 27.1. The quantitative estimate of drug-likeness (QED) is 0.0518. The second kappa shape index (κ2) is 31.0. The monoisotopic (exact) mass is 1550 g/mol. The van der Waals surface area contributed by atoms with Crippen LogP contribution < -0.4 is 14.6 Å². The van der Waals surface area contributed by atoms with Gasteiger partial charge in [-0.15, -0.1) is 11.6 Å². The fourth-order valence-electron chi connectivity index (χ4n) is 23.7. The minimum absolute atomic E-state index is 0.112. The summed E-state index contributed by atoms with van der Waals surface area (Å²) in [4.78, 5) is 18.3. The van der Waals surface area contributed by atoms with Gasteiger partial charge in [-0.2, -0.15) is 25.3 Å². The summed E-state index contributed by atoms with van der Waals surface area (Å²) in [6.07, 6.45) is 20.2. The number of phenolic OH excluding ortho intramolecular Hbond substituents is 2. The van der Waals surface area contributed by atoms with Crippen LogP contribution in [-0.2, 0) is 56.6 Å². The predicted octanol–water partition coefficient (Wildman–Crippen LogP) is 14.0. The molecule has 4 aliphatic carbocycles. The van der Waals surface area contributed by atoms with Crippen LogP contribution in [0.4, 0.5) is 0 Å². The molecular weight excluding hydrogens is 1440 g/mol. The predicted molar refractivity (Wildman–Crippen MR) is 423 cm³/mol. The van der Waals surface area contributed by atoms with Gasteiger partial charge in [0.05, 0.1) is 25.3 Å². The fraction of sp³-hybridized carbons (Fsp3) is 0.605. The van der Waals surface area contributed by atoms with Gasteiger partial charge in [-0.05, 0) is 219 Å². The maximum atomic E-state index is 12.4. The maximum Gasteiger partial charge on any atom is 0.364 e. The molecule has 24 rings (SSSR count). The zero-order chi connectivity index (χ0) is 76.0. The second-order valence-electron chi connectivity index (χ2n) is 32.4. The first-order chi connectivity index (χ1) is 51.3. The number of rotatable bonds is 8. The summed E-state index contributed by atoms with van der Waals surface area (Å²) >= 11 is 4.64. The van der Waals surface area contributed by atoms with Crippen LogP contribution in [0, 0.1) is 47.3 Å². The Bertz CT molecular complexity index is 4930. The molecule has 4 aromatic heterocycles. The molecule has 4 aromatic carbocycles. The van der Waals surface area contributed by atoms with E-state index in [1.54, 1.807) is 55.8 Å². The summed E-state index contributed by atoms with van der Waals surface area (Å²) in [5.74, 6) is 9.72. The van der Waals surface area contributed by atoms with Crippen molar-refractivity contribution in [2.45, 2.75) is 192 Å². The van der Waals surface area contributed by atoms with E-state index in [0.717, 1.165) is 150 Å². The van der Waals surface area contributed by atoms with Crippen molar-refractivity contribution < 1.29 is 58.6 Å². The molecule has 12 fully saturated rings. The summed E-state index contributed by atoms with van der Waals surface area (Å²) in [7, 11) is -9.59. The number of aromatic amines is 2. The number of phenols is 2. The number of nitrogens with one attached hydrogen (secondary N) is 2. The van der Waals surface area contributed by atoms with E-state index in [2.05, 4.69) is 92.2 Å². The van der Waals surface area contributed by atoms with Gasteiger partial charge >= 0.3 is 30.9 Å². The lowest BCUT2D eigenvalue weighted by molar-refractivity contribution is -0.0137. The van der Waals surface area contributed by atoms with Crippen molar-refractivity contribution in [3.05, 3.63) is 118 Å². The van der Waals surface area contributed by atoms with Crippen molar-refractivity contribution in [3.8, 4) is 23.0 Å². The molecule has 9 N–H and O–H groups in total. The number of aromatic nitrogens is 4. The van der Waals surface area contributed by atoms with E-state index >= 15 is 0 Å². The van der Waals surface area contributed by atoms with Crippen LogP contribution in [0.25, 0.3) is 43.6 Å². The molecule has 8 saturated heterocycles. The maximum absolute atomic E-state index is 12.4. The number of methoxy groups -OCH3 is 2. The zero-order valence-electron chi connectivity index (χ0n) is 63.5. The Hall–Kier alpha value is -5.94. The summed E-state index contributed by atoms with van der Waals surface area (Å²) < 4.78 is 108. The minimum Gasteiger partial charge on any atom is -0.508 e. The number of nitrogens with zero attached hydrogens (tertiary/aromatic N) is 6. The minimum atomic E-state index is -4.42. The molecule has 26 heteroatoms. The normalized spacial score (nSPS) is 31.9. The van der Waals surface area contributed by atoms with Crippen molar-refractivity contribution >= 4 is 86.1 Å². The number of nitrogens with two attached hydrogens (primary N) is 1. The van der Waals surface area contributed by atoms with E-state index < -0.39 is 30.9 Å². The van der Waals surface area contributed by atoms with Gasteiger partial charge in [0.25, 0.3) is 0 Å². The number of hydrogen-bond donors (Lipinski definition) is 8. The van der Waals surface area contributed by atoms with Crippen LogP contribution in [0.2, 0.25) is 0 Å². The highest BCUT2D eigenvalue weighted by Crippen LogP contribution is 2.57. The van der Waals surface area contributed by atoms with E-state index in [4.69, 9.17) is 22.4 Å². The smallest absolute Gasteiger partial charge is 0.364 e. The van der Waals surface area contributed by atoms with Crippen molar-refractivity contribution in [3.63, 3.8) is 0 Å². The van der Waals surface area contributed by atoms with Crippen LogP contribution >= 0.6 is 11.6 Å². The Morgan fingerprint density at radius 1 is 0.439 bits per heavy atom. The Balaban J connectivity index is 0.000000115. The molecule has 8 unspecified atom stereocenters. The summed E-state index contributed by atoms with van der Waals surface area (Å²) in [6.45, 7) is 22.3. The Kier molecular flexibility index (Phi) is 22.5. The first kappa shape index (κ1) is 77.8. The van der Waals surface area contributed by atoms with E-state index in [-0.39, 0.29) is 17.6 Å². The topological polar surface area (TPSA) is 302 Å². The summed E-state index contributed by atoms with van der Waals surface area (Å²) in [5.41, 5.74) is 13.2. The average molecular weight is 1550 g/mol. The fourth-order valence-corrected chi connectivity index (χ4v) is 25.5. The molecule has 584 valence electrons. The summed E-state index contributed by atoms with van der Waals surface area (Å²) in [6, 6.07) is 24.6. The van der Waals surface area contributed by atoms with Crippen LogP contribution in [-0.4, -0.2) is 184 Å². The van der Waals surface area contributed by atoms with Crippen LogP contribution in [0.3, 0.4) is 0 Å². The van der Waals surface area contributed by atoms with Gasteiger partial charge in [-0.3, -0.25) is 33.3 Å². The molecule has 8 aromatic rings. The first-order valence-corrected chi connectivity index (χ1v) is 44.5. The lowest BCUT2D eigenvalue weighted by Crippen LogP contribution is -2.56. The second-order valence-corrected chi connectivity index (χ2v) is 35.9. The molecule has 20 atom stereocenters. The molecule has 12 aliphatic heterocycles. The SMILES string of the molecule is CC.CC[C@H]1C[C@H]2C[C@H]3c4[nH]c5ccc(O)cc5c4CCN(C2)C13.CC[C@H]1C[C@H]2C[C@H]3c4[nH]c5ccc(OC)cc5c4CCN(C2)C13.CC[C@H]1C[C@H]2C[C@H]3c4c(c5cc(O)ccc5n4S(=O)(=O)O)CCN(C2)C13.CC[C@H]1C[C@H]2C[C@H]3c4c(c5cc(OC)ccc5n4S(=O)(=O)O)CCN(C2)C13.CCl.NS(=O)(=O)O. The molecular formula is C81H112ClN9O13S3. The molecule has 16 heterocycles. The highest BCUT2D eigenvalue weighted by molar-refractivity contribution is 7.84. The van der Waals surface area contributed by atoms with Gasteiger partial charge in [-0.1, -0.05) is 67.2 Å². The Labute approximate surface area is 636 Å². The molecule has 107 heavy (non-hydrogen) atoms. The van der Waals surface area contributed by atoms with Crippen molar-refractivity contribution in [2.24, 2.45) is 52.5 Å². The van der Waals surface area contributed by atoms with Crippen LogP contribution in [0.15, 0.2) is 72.8 Å². The van der Waals surface area contributed by atoms with Gasteiger partial charge in [0.15, 0.2) is 0 Å². The van der Waals surface area contributed by atoms with Crippen molar-refractivity contribution in [1.82, 2.24) is 37.5 Å². The van der Waals surface area contributed by atoms with E-state index in [1.165, 1.54) is 133 Å². The molecule has 22 nitrogen and oxygen atoms in total. The number of benzene rings is 4. The number of halogens is 1. The molecule has 0 spiro atoms. The Morgan fingerprint density at radius 2 is 0.738 bits per heavy atom. The van der Waals surface area contributed by atoms with Crippen molar-refractivity contribution in [2.75, 3.05) is 73.0 Å². The van der Waals surface area contributed by atoms with E-state index in [9.17, 15) is 36.2 Å². The van der Waals surface area contributed by atoms with Crippen LogP contribution in [0.5, 0.6) is 23.0 Å². The van der Waals surface area contributed by atoms with Gasteiger partial charge in [0.2, 0.25) is 0 Å². The first-order valence-electron chi connectivity index (χ1n) is 39.5. The van der Waals surface area contributed by atoms with Gasteiger partial charge in [0, 0.05) is 162 Å². The molecule has 4 saturated carbocycles. The molecule has 0 amide bonds. The third kappa shape index (κ3) is 14.4. The lowest BCUT2D eigenvalue weighted by atomic mass is 9.65. The number of ether oxygens (including phenoxy) is 2. The third-order valence-corrected chi connectivity index (χ3v) is 28.8. The molecule has 16 bridgehead atoms. The zero-order valence-corrected chi connectivity index (χ0v) is 66.7. The number of H-pyrrole nitrogens is 2. The highest BCUT2D eigenvalue weighted by Gasteiger charge is 2.54. The number of hydrogen-bond acceptors (Lipinski definition) is 14. The molecule has 16 aliphatic rings. The number of alkyl halides is 1.